The predicted octanol–water partition coefficient (Wildman–Crippen LogP) is 15.5. The van der Waals surface area contributed by atoms with E-state index >= 15 is 0 Å². The van der Waals surface area contributed by atoms with Gasteiger partial charge in [-0.3, -0.25) is 0 Å². The highest BCUT2D eigenvalue weighted by Gasteiger charge is 2.21. The number of rotatable bonds is 40. The van der Waals surface area contributed by atoms with Crippen LogP contribution >= 0.6 is 0 Å². The van der Waals surface area contributed by atoms with E-state index in [9.17, 15) is 0 Å². The molecule has 0 radical (unpaired) electrons. The number of unbranched alkanes of at least 4 members (excludes halogenated alkanes) is 26. The number of ether oxygens (including phenoxy) is 2. The predicted molar refractivity (Wildman–Crippen MR) is 218 cm³/mol. The Morgan fingerprint density at radius 1 is 0.469 bits per heavy atom. The van der Waals surface area contributed by atoms with Gasteiger partial charge >= 0.3 is 0 Å². The maximum atomic E-state index is 6.18. The highest BCUT2D eigenvalue weighted by molar-refractivity contribution is 5.56. The molecule has 49 heavy (non-hydrogen) atoms. The molecule has 0 aliphatic rings. The van der Waals surface area contributed by atoms with Crippen molar-refractivity contribution in [2.45, 2.75) is 271 Å². The van der Waals surface area contributed by atoms with Gasteiger partial charge in [-0.05, 0) is 72.6 Å². The smallest absolute Gasteiger partial charge is 0.127 e. The molecule has 0 aromatic heterocycles. The summed E-state index contributed by atoms with van der Waals surface area (Å²) in [6, 6.07) is 0. The summed E-state index contributed by atoms with van der Waals surface area (Å²) in [6.45, 7) is 13.9. The summed E-state index contributed by atoms with van der Waals surface area (Å²) in [4.78, 5) is 6.14. The van der Waals surface area contributed by atoms with E-state index in [1.54, 1.807) is 7.11 Å². The van der Waals surface area contributed by atoms with Gasteiger partial charge in [0.2, 0.25) is 0 Å². The molecule has 0 aliphatic heterocycles. The van der Waals surface area contributed by atoms with Gasteiger partial charge < -0.3 is 14.3 Å². The number of hydrogen-bond acceptors (Lipinski definition) is 4. The Labute approximate surface area is 309 Å². The van der Waals surface area contributed by atoms with Gasteiger partial charge in [0, 0.05) is 13.3 Å². The first kappa shape index (κ1) is 48.4. The lowest BCUT2D eigenvalue weighted by Gasteiger charge is -2.28. The van der Waals surface area contributed by atoms with Crippen LogP contribution in [0, 0.1) is 0 Å². The van der Waals surface area contributed by atoms with E-state index in [1.165, 1.54) is 180 Å². The Morgan fingerprint density at radius 2 is 0.816 bits per heavy atom. The van der Waals surface area contributed by atoms with Crippen molar-refractivity contribution < 1.29 is 14.3 Å². The SMILES string of the molecule is CCCCCCCCCCCCCCCCC(CCCCCCCCCCCCCCCC)O/N=C/CCC(C)(C)OCCC(C)(C)OC. The third kappa shape index (κ3) is 37.0. The van der Waals surface area contributed by atoms with Crippen LogP contribution in [0.1, 0.15) is 253 Å². The molecule has 0 spiro atoms. The van der Waals surface area contributed by atoms with Crippen molar-refractivity contribution in [2.75, 3.05) is 13.7 Å². The van der Waals surface area contributed by atoms with Crippen molar-refractivity contribution in [3.05, 3.63) is 0 Å². The van der Waals surface area contributed by atoms with Crippen LogP contribution in [0.15, 0.2) is 5.16 Å². The topological polar surface area (TPSA) is 40.0 Å². The zero-order valence-electron chi connectivity index (χ0n) is 34.9. The zero-order valence-corrected chi connectivity index (χ0v) is 34.9. The quantitative estimate of drug-likeness (QED) is 0.0364. The van der Waals surface area contributed by atoms with Crippen molar-refractivity contribution in [3.63, 3.8) is 0 Å². The summed E-state index contributed by atoms with van der Waals surface area (Å²) < 4.78 is 11.7. The number of methoxy groups -OCH3 is 1. The molecule has 4 nitrogen and oxygen atoms in total. The molecule has 0 aromatic rings. The summed E-state index contributed by atoms with van der Waals surface area (Å²) in [5.74, 6) is 0. The normalized spacial score (nSPS) is 12.6. The van der Waals surface area contributed by atoms with Gasteiger partial charge in [-0.2, -0.15) is 0 Å². The highest BCUT2D eigenvalue weighted by atomic mass is 16.6. The molecule has 0 aliphatic carbocycles. The van der Waals surface area contributed by atoms with Crippen LogP contribution < -0.4 is 0 Å². The highest BCUT2D eigenvalue weighted by Crippen LogP contribution is 2.21. The van der Waals surface area contributed by atoms with Crippen molar-refractivity contribution >= 4 is 6.21 Å². The van der Waals surface area contributed by atoms with E-state index in [-0.39, 0.29) is 17.3 Å². The Hall–Kier alpha value is -0.610. The van der Waals surface area contributed by atoms with E-state index in [1.807, 2.05) is 6.21 Å². The van der Waals surface area contributed by atoms with Crippen LogP contribution in [-0.2, 0) is 14.3 Å². The first-order valence-corrected chi connectivity index (χ1v) is 22.1. The molecule has 0 amide bonds. The summed E-state index contributed by atoms with van der Waals surface area (Å²) in [5, 5.41) is 4.48. The molecule has 0 N–H and O–H groups in total. The minimum atomic E-state index is -0.169. The standard InChI is InChI=1S/C45H91NO3/c1-8-10-12-14-16-18-20-22-24-26-28-30-32-34-37-43(38-35-33-31-29-27-25-23-21-19-17-15-13-11-9-2)49-46-41-36-39-45(5,6)48-42-40-44(3,4)47-7/h41,43H,8-40,42H2,1-7H3/b46-41+. The molecule has 0 saturated carbocycles. The first-order valence-electron chi connectivity index (χ1n) is 22.1. The van der Waals surface area contributed by atoms with Gasteiger partial charge in [0.15, 0.2) is 0 Å². The van der Waals surface area contributed by atoms with Crippen molar-refractivity contribution in [2.24, 2.45) is 5.16 Å². The van der Waals surface area contributed by atoms with Gasteiger partial charge in [0.05, 0.1) is 17.8 Å². The molecule has 0 bridgehead atoms. The lowest BCUT2D eigenvalue weighted by atomic mass is 10.0. The van der Waals surface area contributed by atoms with E-state index in [4.69, 9.17) is 14.3 Å². The minimum Gasteiger partial charge on any atom is -0.393 e. The third-order valence-electron chi connectivity index (χ3n) is 10.7. The van der Waals surface area contributed by atoms with Gasteiger partial charge in [-0.1, -0.05) is 186 Å². The Kier molecular flexibility index (Phi) is 35.3. The molecule has 0 aromatic carbocycles. The second-order valence-corrected chi connectivity index (χ2v) is 16.6. The van der Waals surface area contributed by atoms with Crippen LogP contribution in [0.2, 0.25) is 0 Å². The number of hydrogen-bond donors (Lipinski definition) is 0. The third-order valence-corrected chi connectivity index (χ3v) is 10.7. The fourth-order valence-corrected chi connectivity index (χ4v) is 6.72. The number of nitrogens with zero attached hydrogens (tertiary/aromatic N) is 1. The maximum absolute atomic E-state index is 6.18. The van der Waals surface area contributed by atoms with Gasteiger partial charge in [-0.15, -0.1) is 0 Å². The van der Waals surface area contributed by atoms with E-state index in [0.717, 1.165) is 32.1 Å². The second-order valence-electron chi connectivity index (χ2n) is 16.6. The monoisotopic (exact) mass is 694 g/mol. The molecular weight excluding hydrogens is 602 g/mol. The summed E-state index contributed by atoms with van der Waals surface area (Å²) in [7, 11) is 1.77. The lowest BCUT2D eigenvalue weighted by molar-refractivity contribution is -0.0602. The molecule has 0 atom stereocenters. The first-order chi connectivity index (χ1) is 23.8. The van der Waals surface area contributed by atoms with Crippen LogP contribution in [0.4, 0.5) is 0 Å². The largest absolute Gasteiger partial charge is 0.393 e. The minimum absolute atomic E-state index is 0.139. The van der Waals surface area contributed by atoms with Crippen LogP contribution in [0.5, 0.6) is 0 Å². The summed E-state index contributed by atoms with van der Waals surface area (Å²) >= 11 is 0. The van der Waals surface area contributed by atoms with Crippen LogP contribution in [0.3, 0.4) is 0 Å². The summed E-state index contributed by atoms with van der Waals surface area (Å²) in [6.07, 6.45) is 46.7. The molecular formula is C45H91NO3. The molecule has 0 fully saturated rings. The lowest BCUT2D eigenvalue weighted by Crippen LogP contribution is -2.30. The maximum Gasteiger partial charge on any atom is 0.127 e. The zero-order chi connectivity index (χ0) is 36.2. The van der Waals surface area contributed by atoms with E-state index in [2.05, 4.69) is 46.7 Å². The second kappa shape index (κ2) is 35.8. The molecule has 0 rings (SSSR count). The van der Waals surface area contributed by atoms with Crippen molar-refractivity contribution in [3.8, 4) is 0 Å². The van der Waals surface area contributed by atoms with Crippen LogP contribution in [-0.4, -0.2) is 37.2 Å². The Balaban J connectivity index is 4.24. The average Bonchev–Trinajstić information content (AvgIpc) is 3.07. The van der Waals surface area contributed by atoms with Gasteiger partial charge in [0.25, 0.3) is 0 Å². The van der Waals surface area contributed by atoms with Gasteiger partial charge in [0.1, 0.15) is 6.10 Å². The number of oxime groups is 1. The fourth-order valence-electron chi connectivity index (χ4n) is 6.72. The van der Waals surface area contributed by atoms with Crippen LogP contribution in [0.25, 0.3) is 0 Å². The van der Waals surface area contributed by atoms with E-state index in [0.29, 0.717) is 6.61 Å². The molecule has 0 saturated heterocycles. The molecule has 4 heteroatoms. The molecule has 294 valence electrons. The average molecular weight is 694 g/mol. The van der Waals surface area contributed by atoms with E-state index < -0.39 is 0 Å². The molecule has 0 heterocycles. The Bertz CT molecular complexity index is 644. The Morgan fingerprint density at radius 3 is 1.16 bits per heavy atom. The van der Waals surface area contributed by atoms with Crippen molar-refractivity contribution in [1.82, 2.24) is 0 Å². The summed E-state index contributed by atoms with van der Waals surface area (Å²) in [5.41, 5.74) is -0.308. The molecule has 0 unspecified atom stereocenters. The fraction of sp³-hybridized carbons (Fsp3) is 0.978. The van der Waals surface area contributed by atoms with Gasteiger partial charge in [-0.25, -0.2) is 0 Å². The van der Waals surface area contributed by atoms with Crippen molar-refractivity contribution in [1.29, 1.82) is 0 Å².